The number of hydrogen-bond acceptors (Lipinski definition) is 3. The Morgan fingerprint density at radius 1 is 1.07 bits per heavy atom. The number of hydrogen-bond donors (Lipinski definition) is 2. The van der Waals surface area contributed by atoms with Crippen LogP contribution in [0.5, 0.6) is 0 Å². The number of rotatable bonds is 4. The second-order valence-corrected chi connectivity index (χ2v) is 6.53. The van der Waals surface area contributed by atoms with E-state index in [4.69, 9.17) is 5.73 Å². The smallest absolute Gasteiger partial charge is 0.256 e. The van der Waals surface area contributed by atoms with Crippen molar-refractivity contribution in [3.8, 4) is 0 Å². The topological polar surface area (TPSA) is 75.4 Å². The Hall–Kier alpha value is -2.60. The number of halogens is 2. The van der Waals surface area contributed by atoms with Crippen LogP contribution in [-0.4, -0.2) is 35.8 Å². The van der Waals surface area contributed by atoms with Crippen molar-refractivity contribution in [1.82, 2.24) is 10.2 Å². The highest BCUT2D eigenvalue weighted by Crippen LogP contribution is 2.16. The van der Waals surface area contributed by atoms with Crippen LogP contribution in [0.25, 0.3) is 0 Å². The molecule has 0 saturated carbocycles. The molecule has 0 atom stereocenters. The van der Waals surface area contributed by atoms with Gasteiger partial charge in [0.05, 0.1) is 12.0 Å². The lowest BCUT2D eigenvalue weighted by Gasteiger charge is -2.32. The van der Waals surface area contributed by atoms with Gasteiger partial charge in [0.25, 0.3) is 5.91 Å². The highest BCUT2D eigenvalue weighted by Gasteiger charge is 2.25. The third-order valence-corrected chi connectivity index (χ3v) is 4.60. The van der Waals surface area contributed by atoms with Crippen molar-refractivity contribution in [2.24, 2.45) is 0 Å². The fourth-order valence-electron chi connectivity index (χ4n) is 3.13. The van der Waals surface area contributed by atoms with E-state index >= 15 is 0 Å². The lowest BCUT2D eigenvalue weighted by molar-refractivity contribution is -0.121. The summed E-state index contributed by atoms with van der Waals surface area (Å²) in [6, 6.07) is 13.3. The van der Waals surface area contributed by atoms with E-state index in [0.717, 1.165) is 5.56 Å². The molecular weight excluding hydrogens is 369 g/mol. The second-order valence-electron chi connectivity index (χ2n) is 6.53. The van der Waals surface area contributed by atoms with Crippen LogP contribution in [0.3, 0.4) is 0 Å². The molecule has 0 spiro atoms. The summed E-state index contributed by atoms with van der Waals surface area (Å²) in [7, 11) is 0. The van der Waals surface area contributed by atoms with E-state index in [-0.39, 0.29) is 35.8 Å². The molecule has 1 saturated heterocycles. The Morgan fingerprint density at radius 2 is 1.70 bits per heavy atom. The molecule has 1 heterocycles. The molecule has 27 heavy (non-hydrogen) atoms. The molecule has 1 aliphatic rings. The molecule has 2 aromatic rings. The van der Waals surface area contributed by atoms with E-state index in [1.54, 1.807) is 29.2 Å². The first kappa shape index (κ1) is 20.7. The highest BCUT2D eigenvalue weighted by molar-refractivity contribution is 5.94. The summed E-state index contributed by atoms with van der Waals surface area (Å²) in [4.78, 5) is 26.2. The Kier molecular flexibility index (Phi) is 7.19. The Labute approximate surface area is 164 Å². The van der Waals surface area contributed by atoms with Gasteiger partial charge in [0.15, 0.2) is 0 Å². The van der Waals surface area contributed by atoms with Gasteiger partial charge in [0.2, 0.25) is 5.91 Å². The number of piperidine rings is 1. The Morgan fingerprint density at radius 3 is 2.33 bits per heavy atom. The molecule has 0 bridgehead atoms. The molecular formula is C20H23ClFN3O2. The van der Waals surface area contributed by atoms with Crippen LogP contribution in [0.15, 0.2) is 48.5 Å². The van der Waals surface area contributed by atoms with E-state index in [9.17, 15) is 14.0 Å². The van der Waals surface area contributed by atoms with Crippen molar-refractivity contribution in [3.63, 3.8) is 0 Å². The van der Waals surface area contributed by atoms with E-state index in [2.05, 4.69) is 5.32 Å². The number of nitrogens with zero attached hydrogens (tertiary/aromatic N) is 1. The zero-order valence-electron chi connectivity index (χ0n) is 14.9. The molecule has 7 heteroatoms. The fourth-order valence-corrected chi connectivity index (χ4v) is 3.13. The van der Waals surface area contributed by atoms with Crippen molar-refractivity contribution < 1.29 is 14.0 Å². The standard InChI is InChI=1S/C20H22FN3O2.ClH/c21-18-4-2-1-3-17(18)20(26)24-11-9-16(10-12-24)23-19(25)13-14-5-7-15(22)8-6-14;/h1-8,16H,9-13,22H2,(H,23,25);1H. The van der Waals surface area contributed by atoms with Gasteiger partial charge in [-0.2, -0.15) is 0 Å². The highest BCUT2D eigenvalue weighted by atomic mass is 35.5. The molecule has 3 rings (SSSR count). The zero-order chi connectivity index (χ0) is 18.5. The molecule has 0 radical (unpaired) electrons. The van der Waals surface area contributed by atoms with Gasteiger partial charge in [-0.05, 0) is 42.7 Å². The van der Waals surface area contributed by atoms with Gasteiger partial charge in [0, 0.05) is 24.8 Å². The molecule has 1 aliphatic heterocycles. The molecule has 3 N–H and O–H groups in total. The number of carbonyl (C=O) groups excluding carboxylic acids is 2. The largest absolute Gasteiger partial charge is 0.399 e. The second kappa shape index (κ2) is 9.37. The maximum atomic E-state index is 13.8. The molecule has 0 unspecified atom stereocenters. The van der Waals surface area contributed by atoms with Gasteiger partial charge < -0.3 is 16.0 Å². The third kappa shape index (κ3) is 5.44. The molecule has 144 valence electrons. The number of anilines is 1. The first-order chi connectivity index (χ1) is 12.5. The molecule has 5 nitrogen and oxygen atoms in total. The summed E-state index contributed by atoms with van der Waals surface area (Å²) in [5.74, 6) is -0.847. The summed E-state index contributed by atoms with van der Waals surface area (Å²) in [5, 5.41) is 3.01. The van der Waals surface area contributed by atoms with Crippen molar-refractivity contribution >= 4 is 29.9 Å². The minimum absolute atomic E-state index is 0. The van der Waals surface area contributed by atoms with Crippen molar-refractivity contribution in [3.05, 3.63) is 65.5 Å². The van der Waals surface area contributed by atoms with Gasteiger partial charge >= 0.3 is 0 Å². The average molecular weight is 392 g/mol. The fraction of sp³-hybridized carbons (Fsp3) is 0.300. The van der Waals surface area contributed by atoms with Gasteiger partial charge in [-0.25, -0.2) is 4.39 Å². The Bertz CT molecular complexity index is 790. The minimum atomic E-state index is -0.503. The van der Waals surface area contributed by atoms with Gasteiger partial charge in [0.1, 0.15) is 5.82 Å². The van der Waals surface area contributed by atoms with Gasteiger partial charge in [-0.3, -0.25) is 9.59 Å². The summed E-state index contributed by atoms with van der Waals surface area (Å²) in [5.41, 5.74) is 7.31. The van der Waals surface area contributed by atoms with E-state index < -0.39 is 5.82 Å². The first-order valence-electron chi connectivity index (χ1n) is 8.70. The predicted octanol–water partition coefficient (Wildman–Crippen LogP) is 2.79. The number of nitrogens with two attached hydrogens (primary N) is 1. The maximum Gasteiger partial charge on any atom is 0.256 e. The van der Waals surface area contributed by atoms with Crippen molar-refractivity contribution in [2.45, 2.75) is 25.3 Å². The molecule has 2 amide bonds. The minimum Gasteiger partial charge on any atom is -0.399 e. The maximum absolute atomic E-state index is 13.8. The number of nitrogens with one attached hydrogen (secondary N) is 1. The summed E-state index contributed by atoms with van der Waals surface area (Å²) in [6.45, 7) is 1.000. The molecule has 1 fully saturated rings. The zero-order valence-corrected chi connectivity index (χ0v) is 15.7. The predicted molar refractivity (Wildman–Crippen MR) is 105 cm³/mol. The van der Waals surface area contributed by atoms with E-state index in [1.165, 1.54) is 12.1 Å². The monoisotopic (exact) mass is 391 g/mol. The van der Waals surface area contributed by atoms with Gasteiger partial charge in [-0.15, -0.1) is 12.4 Å². The van der Waals surface area contributed by atoms with Gasteiger partial charge in [-0.1, -0.05) is 24.3 Å². The van der Waals surface area contributed by atoms with Crippen LogP contribution >= 0.6 is 12.4 Å². The quantitative estimate of drug-likeness (QED) is 0.787. The van der Waals surface area contributed by atoms with Crippen LogP contribution in [0.2, 0.25) is 0 Å². The number of benzene rings is 2. The lowest BCUT2D eigenvalue weighted by atomic mass is 10.0. The number of nitrogen functional groups attached to an aromatic ring is 1. The van der Waals surface area contributed by atoms with Crippen LogP contribution in [0, 0.1) is 5.82 Å². The third-order valence-electron chi connectivity index (χ3n) is 4.60. The number of likely N-dealkylation sites (tertiary alicyclic amines) is 1. The van der Waals surface area contributed by atoms with E-state index in [0.29, 0.717) is 38.0 Å². The normalized spacial score (nSPS) is 14.3. The van der Waals surface area contributed by atoms with E-state index in [1.807, 2.05) is 12.1 Å². The van der Waals surface area contributed by atoms with Crippen molar-refractivity contribution in [2.75, 3.05) is 18.8 Å². The first-order valence-corrected chi connectivity index (χ1v) is 8.70. The summed E-state index contributed by atoms with van der Waals surface area (Å²) < 4.78 is 13.8. The van der Waals surface area contributed by atoms with Crippen LogP contribution in [0.4, 0.5) is 10.1 Å². The SMILES string of the molecule is Cl.Nc1ccc(CC(=O)NC2CCN(C(=O)c3ccccc3F)CC2)cc1. The number of carbonyl (C=O) groups is 2. The van der Waals surface area contributed by atoms with Crippen LogP contribution < -0.4 is 11.1 Å². The summed E-state index contributed by atoms with van der Waals surface area (Å²) >= 11 is 0. The molecule has 0 aromatic heterocycles. The van der Waals surface area contributed by atoms with Crippen LogP contribution in [0.1, 0.15) is 28.8 Å². The molecule has 0 aliphatic carbocycles. The summed E-state index contributed by atoms with van der Waals surface area (Å²) in [6.07, 6.45) is 1.62. The number of amides is 2. The van der Waals surface area contributed by atoms with Crippen molar-refractivity contribution in [1.29, 1.82) is 0 Å². The van der Waals surface area contributed by atoms with Crippen LogP contribution in [-0.2, 0) is 11.2 Å². The lowest BCUT2D eigenvalue weighted by Crippen LogP contribution is -2.47. The Balaban J connectivity index is 0.00000261. The average Bonchev–Trinajstić information content (AvgIpc) is 2.64. The molecule has 2 aromatic carbocycles.